The SMILES string of the molecule is CCC1(C2CC3C=CC2C3)OCCO1. The summed E-state index contributed by atoms with van der Waals surface area (Å²) in [6, 6.07) is 0. The fourth-order valence-corrected chi connectivity index (χ4v) is 3.44. The van der Waals surface area contributed by atoms with Gasteiger partial charge in [-0.2, -0.15) is 0 Å². The molecule has 2 fully saturated rings. The number of allylic oxidation sites excluding steroid dienone is 2. The van der Waals surface area contributed by atoms with Crippen LogP contribution in [0.4, 0.5) is 0 Å². The van der Waals surface area contributed by atoms with E-state index >= 15 is 0 Å². The molecule has 0 aromatic carbocycles. The van der Waals surface area contributed by atoms with E-state index in [2.05, 4.69) is 19.1 Å². The highest BCUT2D eigenvalue weighted by Gasteiger charge is 2.51. The Morgan fingerprint density at radius 2 is 2.00 bits per heavy atom. The summed E-state index contributed by atoms with van der Waals surface area (Å²) in [5, 5.41) is 0. The fourth-order valence-electron chi connectivity index (χ4n) is 3.44. The van der Waals surface area contributed by atoms with Crippen LogP contribution in [0.25, 0.3) is 0 Å². The van der Waals surface area contributed by atoms with E-state index in [0.29, 0.717) is 5.92 Å². The predicted octanol–water partition coefficient (Wildman–Crippen LogP) is 2.35. The largest absolute Gasteiger partial charge is 0.347 e. The molecule has 3 aliphatic rings. The lowest BCUT2D eigenvalue weighted by Crippen LogP contribution is -2.40. The normalized spacial score (nSPS) is 43.6. The number of fused-ring (bicyclic) bond motifs is 2. The second-order valence-corrected chi connectivity index (χ2v) is 4.75. The molecule has 2 heteroatoms. The van der Waals surface area contributed by atoms with Gasteiger partial charge in [-0.25, -0.2) is 0 Å². The van der Waals surface area contributed by atoms with Crippen LogP contribution in [0.2, 0.25) is 0 Å². The van der Waals surface area contributed by atoms with Crippen molar-refractivity contribution >= 4 is 0 Å². The standard InChI is InChI=1S/C12H18O2/c1-2-12(13-5-6-14-12)11-8-9-3-4-10(11)7-9/h3-4,9-11H,2,5-8H2,1H3. The molecule has 2 bridgehead atoms. The molecule has 3 atom stereocenters. The van der Waals surface area contributed by atoms with Crippen molar-refractivity contribution in [2.24, 2.45) is 17.8 Å². The predicted molar refractivity (Wildman–Crippen MR) is 53.8 cm³/mol. The second-order valence-electron chi connectivity index (χ2n) is 4.75. The van der Waals surface area contributed by atoms with Gasteiger partial charge < -0.3 is 9.47 Å². The van der Waals surface area contributed by atoms with E-state index in [1.54, 1.807) is 0 Å². The van der Waals surface area contributed by atoms with Gasteiger partial charge in [0, 0.05) is 5.92 Å². The maximum atomic E-state index is 5.87. The quantitative estimate of drug-likeness (QED) is 0.628. The Bertz CT molecular complexity index is 253. The minimum Gasteiger partial charge on any atom is -0.347 e. The summed E-state index contributed by atoms with van der Waals surface area (Å²) >= 11 is 0. The lowest BCUT2D eigenvalue weighted by Gasteiger charge is -2.36. The van der Waals surface area contributed by atoms with Gasteiger partial charge in [-0.3, -0.25) is 0 Å². The Hall–Kier alpha value is -0.340. The average Bonchev–Trinajstić information content (AvgIpc) is 2.94. The lowest BCUT2D eigenvalue weighted by molar-refractivity contribution is -0.202. The highest BCUT2D eigenvalue weighted by molar-refractivity contribution is 5.13. The molecular weight excluding hydrogens is 176 g/mol. The molecule has 2 nitrogen and oxygen atoms in total. The summed E-state index contributed by atoms with van der Waals surface area (Å²) in [5.74, 6) is 1.91. The zero-order chi connectivity index (χ0) is 9.60. The second kappa shape index (κ2) is 3.07. The van der Waals surface area contributed by atoms with Crippen LogP contribution in [0.3, 0.4) is 0 Å². The fraction of sp³-hybridized carbons (Fsp3) is 0.833. The summed E-state index contributed by atoms with van der Waals surface area (Å²) in [6.45, 7) is 3.75. The van der Waals surface area contributed by atoms with Crippen molar-refractivity contribution in [3.05, 3.63) is 12.2 Å². The van der Waals surface area contributed by atoms with E-state index in [1.165, 1.54) is 12.8 Å². The first-order chi connectivity index (χ1) is 6.84. The van der Waals surface area contributed by atoms with Crippen LogP contribution >= 0.6 is 0 Å². The maximum absolute atomic E-state index is 5.87. The highest BCUT2D eigenvalue weighted by atomic mass is 16.7. The third kappa shape index (κ3) is 1.10. The molecule has 1 aliphatic heterocycles. The monoisotopic (exact) mass is 194 g/mol. The van der Waals surface area contributed by atoms with Crippen molar-refractivity contribution in [2.75, 3.05) is 13.2 Å². The smallest absolute Gasteiger partial charge is 0.171 e. The molecule has 1 heterocycles. The van der Waals surface area contributed by atoms with Crippen molar-refractivity contribution in [3.8, 4) is 0 Å². The molecule has 3 unspecified atom stereocenters. The van der Waals surface area contributed by atoms with Crippen molar-refractivity contribution < 1.29 is 9.47 Å². The number of hydrogen-bond acceptors (Lipinski definition) is 2. The van der Waals surface area contributed by atoms with E-state index in [0.717, 1.165) is 31.5 Å². The summed E-state index contributed by atoms with van der Waals surface area (Å²) in [5.41, 5.74) is 0. The third-order valence-electron chi connectivity index (χ3n) is 4.11. The van der Waals surface area contributed by atoms with Gasteiger partial charge in [0.15, 0.2) is 5.79 Å². The molecule has 0 N–H and O–H groups in total. The Morgan fingerprint density at radius 3 is 2.50 bits per heavy atom. The van der Waals surface area contributed by atoms with Gasteiger partial charge in [0.25, 0.3) is 0 Å². The molecule has 0 amide bonds. The Labute approximate surface area is 85.3 Å². The molecule has 2 aliphatic carbocycles. The van der Waals surface area contributed by atoms with Crippen LogP contribution in [-0.2, 0) is 9.47 Å². The molecule has 3 rings (SSSR count). The van der Waals surface area contributed by atoms with Crippen LogP contribution in [-0.4, -0.2) is 19.0 Å². The van der Waals surface area contributed by atoms with Gasteiger partial charge in [0.2, 0.25) is 0 Å². The molecular formula is C12H18O2. The molecule has 78 valence electrons. The summed E-state index contributed by atoms with van der Waals surface area (Å²) < 4.78 is 11.7. The van der Waals surface area contributed by atoms with Crippen LogP contribution in [0.15, 0.2) is 12.2 Å². The van der Waals surface area contributed by atoms with Gasteiger partial charge in [-0.1, -0.05) is 19.1 Å². The van der Waals surface area contributed by atoms with Gasteiger partial charge in [0.1, 0.15) is 0 Å². The Morgan fingerprint density at radius 1 is 1.21 bits per heavy atom. The van der Waals surface area contributed by atoms with Crippen molar-refractivity contribution in [1.82, 2.24) is 0 Å². The van der Waals surface area contributed by atoms with Crippen molar-refractivity contribution in [3.63, 3.8) is 0 Å². The van der Waals surface area contributed by atoms with Crippen molar-refractivity contribution in [1.29, 1.82) is 0 Å². The van der Waals surface area contributed by atoms with E-state index in [-0.39, 0.29) is 5.79 Å². The van der Waals surface area contributed by atoms with Crippen LogP contribution in [0.1, 0.15) is 26.2 Å². The molecule has 0 radical (unpaired) electrons. The molecule has 14 heavy (non-hydrogen) atoms. The van der Waals surface area contributed by atoms with Crippen LogP contribution < -0.4 is 0 Å². The minimum absolute atomic E-state index is 0.232. The summed E-state index contributed by atoms with van der Waals surface area (Å²) in [7, 11) is 0. The first-order valence-electron chi connectivity index (χ1n) is 5.80. The summed E-state index contributed by atoms with van der Waals surface area (Å²) in [4.78, 5) is 0. The molecule has 0 spiro atoms. The van der Waals surface area contributed by atoms with Crippen molar-refractivity contribution in [2.45, 2.75) is 32.0 Å². The molecule has 0 aromatic heterocycles. The maximum Gasteiger partial charge on any atom is 0.171 e. The van der Waals surface area contributed by atoms with Crippen LogP contribution in [0.5, 0.6) is 0 Å². The topological polar surface area (TPSA) is 18.5 Å². The number of hydrogen-bond donors (Lipinski definition) is 0. The first-order valence-corrected chi connectivity index (χ1v) is 5.80. The minimum atomic E-state index is -0.232. The van der Waals surface area contributed by atoms with Gasteiger partial charge in [-0.05, 0) is 31.1 Å². The number of ether oxygens (including phenoxy) is 2. The lowest BCUT2D eigenvalue weighted by atomic mass is 9.84. The Kier molecular flexibility index (Phi) is 1.96. The van der Waals surface area contributed by atoms with Gasteiger partial charge in [0.05, 0.1) is 13.2 Å². The number of rotatable bonds is 2. The summed E-state index contributed by atoms with van der Waals surface area (Å²) in [6.07, 6.45) is 8.35. The van der Waals surface area contributed by atoms with Crippen LogP contribution in [0, 0.1) is 17.8 Å². The third-order valence-corrected chi connectivity index (χ3v) is 4.11. The van der Waals surface area contributed by atoms with E-state index in [4.69, 9.17) is 9.47 Å². The van der Waals surface area contributed by atoms with E-state index < -0.39 is 0 Å². The molecule has 0 aromatic rings. The van der Waals surface area contributed by atoms with Gasteiger partial charge >= 0.3 is 0 Å². The van der Waals surface area contributed by atoms with E-state index in [1.807, 2.05) is 0 Å². The molecule has 1 saturated heterocycles. The average molecular weight is 194 g/mol. The first kappa shape index (κ1) is 8.93. The highest BCUT2D eigenvalue weighted by Crippen LogP contribution is 2.51. The molecule has 1 saturated carbocycles. The van der Waals surface area contributed by atoms with E-state index in [9.17, 15) is 0 Å². The zero-order valence-corrected chi connectivity index (χ0v) is 8.74. The zero-order valence-electron chi connectivity index (χ0n) is 8.74. The Balaban J connectivity index is 1.83. The van der Waals surface area contributed by atoms with Gasteiger partial charge in [-0.15, -0.1) is 0 Å².